The number of thioether (sulfide) groups is 1. The van der Waals surface area contributed by atoms with Gasteiger partial charge in [0.05, 0.1) is 0 Å². The van der Waals surface area contributed by atoms with Crippen LogP contribution in [0, 0.1) is 5.92 Å². The molecule has 3 heteroatoms. The van der Waals surface area contributed by atoms with Crippen molar-refractivity contribution in [3.05, 3.63) is 0 Å². The summed E-state index contributed by atoms with van der Waals surface area (Å²) >= 11 is 2.17. The summed E-state index contributed by atoms with van der Waals surface area (Å²) in [4.78, 5) is 2.81. The van der Waals surface area contributed by atoms with Crippen molar-refractivity contribution < 1.29 is 0 Å². The minimum atomic E-state index is 0.797. The molecule has 3 aliphatic rings. The van der Waals surface area contributed by atoms with Crippen LogP contribution >= 0.6 is 11.8 Å². The lowest BCUT2D eigenvalue weighted by Crippen LogP contribution is -2.57. The van der Waals surface area contributed by atoms with Crippen LogP contribution in [0.25, 0.3) is 0 Å². The molecule has 104 valence electrons. The summed E-state index contributed by atoms with van der Waals surface area (Å²) in [5, 5.41) is 3.81. The van der Waals surface area contributed by atoms with E-state index in [1.807, 2.05) is 0 Å². The molecule has 2 saturated heterocycles. The summed E-state index contributed by atoms with van der Waals surface area (Å²) in [5.74, 6) is 3.75. The lowest BCUT2D eigenvalue weighted by molar-refractivity contribution is 0.111. The number of hydrogen-bond donors (Lipinski definition) is 1. The molecule has 2 heterocycles. The van der Waals surface area contributed by atoms with Crippen molar-refractivity contribution in [1.82, 2.24) is 10.2 Å². The van der Waals surface area contributed by atoms with E-state index in [1.165, 1.54) is 76.1 Å². The smallest absolute Gasteiger partial charge is 0.0223 e. The molecular weight excluding hydrogens is 240 g/mol. The summed E-state index contributed by atoms with van der Waals surface area (Å²) < 4.78 is 0. The van der Waals surface area contributed by atoms with Crippen LogP contribution in [0.1, 0.15) is 44.9 Å². The number of nitrogens with zero attached hydrogens (tertiary/aromatic N) is 1. The minimum Gasteiger partial charge on any atom is -0.311 e. The number of hydrogen-bond acceptors (Lipinski definition) is 3. The van der Waals surface area contributed by atoms with Crippen molar-refractivity contribution in [2.75, 3.05) is 31.1 Å². The molecule has 0 aromatic heterocycles. The first-order valence-corrected chi connectivity index (χ1v) is 9.14. The Morgan fingerprint density at radius 2 is 1.89 bits per heavy atom. The number of piperazine rings is 1. The van der Waals surface area contributed by atoms with Crippen molar-refractivity contribution >= 4 is 11.8 Å². The van der Waals surface area contributed by atoms with Gasteiger partial charge in [-0.2, -0.15) is 11.8 Å². The Balaban J connectivity index is 1.53. The predicted octanol–water partition coefficient (Wildman–Crippen LogP) is 2.74. The summed E-state index contributed by atoms with van der Waals surface area (Å²) in [5.41, 5.74) is 0. The molecule has 2 nitrogen and oxygen atoms in total. The van der Waals surface area contributed by atoms with Gasteiger partial charge in [0.25, 0.3) is 0 Å². The van der Waals surface area contributed by atoms with E-state index < -0.39 is 0 Å². The van der Waals surface area contributed by atoms with Crippen LogP contribution in [-0.2, 0) is 0 Å². The van der Waals surface area contributed by atoms with Crippen LogP contribution in [-0.4, -0.2) is 48.1 Å². The van der Waals surface area contributed by atoms with E-state index in [-0.39, 0.29) is 0 Å². The van der Waals surface area contributed by atoms with E-state index in [4.69, 9.17) is 0 Å². The molecule has 0 spiro atoms. The quantitative estimate of drug-likeness (QED) is 0.829. The number of rotatable bonds is 2. The summed E-state index contributed by atoms with van der Waals surface area (Å²) in [6.45, 7) is 3.84. The van der Waals surface area contributed by atoms with Crippen LogP contribution in [0.15, 0.2) is 0 Å². The minimum absolute atomic E-state index is 0.797. The molecule has 0 aromatic carbocycles. The first-order valence-electron chi connectivity index (χ1n) is 7.98. The first-order chi connectivity index (χ1) is 8.93. The van der Waals surface area contributed by atoms with E-state index in [2.05, 4.69) is 22.0 Å². The van der Waals surface area contributed by atoms with E-state index in [0.29, 0.717) is 0 Å². The van der Waals surface area contributed by atoms with Gasteiger partial charge in [-0.1, -0.05) is 19.3 Å². The summed E-state index contributed by atoms with van der Waals surface area (Å²) in [6.07, 6.45) is 10.3. The predicted molar refractivity (Wildman–Crippen MR) is 80.3 cm³/mol. The van der Waals surface area contributed by atoms with Gasteiger partial charge in [0, 0.05) is 37.5 Å². The van der Waals surface area contributed by atoms with Gasteiger partial charge in [-0.3, -0.25) is 4.90 Å². The molecule has 2 atom stereocenters. The largest absolute Gasteiger partial charge is 0.311 e. The molecule has 1 aliphatic carbocycles. The maximum absolute atomic E-state index is 3.81. The lowest BCUT2D eigenvalue weighted by atomic mass is 9.83. The lowest BCUT2D eigenvalue weighted by Gasteiger charge is -2.43. The highest BCUT2D eigenvalue weighted by atomic mass is 32.2. The second-order valence-corrected chi connectivity index (χ2v) is 7.47. The Hall–Kier alpha value is 0.270. The Morgan fingerprint density at radius 3 is 2.67 bits per heavy atom. The van der Waals surface area contributed by atoms with Crippen molar-refractivity contribution in [2.24, 2.45) is 5.92 Å². The average Bonchev–Trinajstić information content (AvgIpc) is 2.49. The maximum Gasteiger partial charge on any atom is 0.0223 e. The molecule has 0 bridgehead atoms. The standard InChI is InChI=1S/C15H28N2S/c1-2-5-13(6-3-1)15-11-17(9-8-16-15)14-7-4-10-18-12-14/h13-16H,1-12H2. The average molecular weight is 268 g/mol. The normalized spacial score (nSPS) is 36.7. The van der Waals surface area contributed by atoms with Crippen LogP contribution in [0.5, 0.6) is 0 Å². The highest BCUT2D eigenvalue weighted by Gasteiger charge is 2.31. The van der Waals surface area contributed by atoms with E-state index >= 15 is 0 Å². The molecule has 2 unspecified atom stereocenters. The van der Waals surface area contributed by atoms with Gasteiger partial charge in [0.2, 0.25) is 0 Å². The van der Waals surface area contributed by atoms with Crippen molar-refractivity contribution in [3.63, 3.8) is 0 Å². The second-order valence-electron chi connectivity index (χ2n) is 6.32. The van der Waals surface area contributed by atoms with Crippen molar-refractivity contribution in [3.8, 4) is 0 Å². The van der Waals surface area contributed by atoms with Gasteiger partial charge in [0.1, 0.15) is 0 Å². The summed E-state index contributed by atoms with van der Waals surface area (Å²) in [7, 11) is 0. The molecule has 0 amide bonds. The maximum atomic E-state index is 3.81. The van der Waals surface area contributed by atoms with Crippen molar-refractivity contribution in [1.29, 1.82) is 0 Å². The molecule has 1 saturated carbocycles. The Labute approximate surface area is 116 Å². The molecule has 1 N–H and O–H groups in total. The Morgan fingerprint density at radius 1 is 1.00 bits per heavy atom. The summed E-state index contributed by atoms with van der Waals surface area (Å²) in [6, 6.07) is 1.68. The van der Waals surface area contributed by atoms with Crippen LogP contribution in [0.4, 0.5) is 0 Å². The Bertz CT molecular complexity index is 223. The fourth-order valence-corrected chi connectivity index (χ4v) is 5.18. The molecular formula is C15H28N2S. The van der Waals surface area contributed by atoms with E-state index in [1.54, 1.807) is 0 Å². The molecule has 2 aliphatic heterocycles. The molecule has 3 rings (SSSR count). The zero-order valence-corrected chi connectivity index (χ0v) is 12.4. The van der Waals surface area contributed by atoms with Gasteiger partial charge in [0.15, 0.2) is 0 Å². The van der Waals surface area contributed by atoms with Crippen LogP contribution in [0.3, 0.4) is 0 Å². The third-order valence-electron chi connectivity index (χ3n) is 5.11. The van der Waals surface area contributed by atoms with E-state index in [0.717, 1.165) is 18.0 Å². The van der Waals surface area contributed by atoms with Gasteiger partial charge in [-0.15, -0.1) is 0 Å². The molecule has 0 aromatic rings. The monoisotopic (exact) mass is 268 g/mol. The fourth-order valence-electron chi connectivity index (χ4n) is 4.00. The Kier molecular flexibility index (Phi) is 4.88. The van der Waals surface area contributed by atoms with Gasteiger partial charge < -0.3 is 5.32 Å². The van der Waals surface area contributed by atoms with Gasteiger partial charge in [-0.05, 0) is 37.4 Å². The topological polar surface area (TPSA) is 15.3 Å². The van der Waals surface area contributed by atoms with E-state index in [9.17, 15) is 0 Å². The zero-order valence-electron chi connectivity index (χ0n) is 11.6. The zero-order chi connectivity index (χ0) is 12.2. The third-order valence-corrected chi connectivity index (χ3v) is 6.31. The molecule has 3 fully saturated rings. The molecule has 0 radical (unpaired) electrons. The highest BCUT2D eigenvalue weighted by Crippen LogP contribution is 2.29. The molecule has 18 heavy (non-hydrogen) atoms. The van der Waals surface area contributed by atoms with Crippen molar-refractivity contribution in [2.45, 2.75) is 57.0 Å². The van der Waals surface area contributed by atoms with Gasteiger partial charge in [-0.25, -0.2) is 0 Å². The van der Waals surface area contributed by atoms with Crippen LogP contribution < -0.4 is 5.32 Å². The van der Waals surface area contributed by atoms with Gasteiger partial charge >= 0.3 is 0 Å². The van der Waals surface area contributed by atoms with Crippen LogP contribution in [0.2, 0.25) is 0 Å². The number of nitrogens with one attached hydrogen (secondary N) is 1. The second kappa shape index (κ2) is 6.62. The fraction of sp³-hybridized carbons (Fsp3) is 1.00. The highest BCUT2D eigenvalue weighted by molar-refractivity contribution is 7.99. The first kappa shape index (κ1) is 13.3. The third kappa shape index (κ3) is 3.23. The SMILES string of the molecule is C1CCC(C2CN(C3CCCSC3)CCN2)CC1.